The Hall–Kier alpha value is -3.72. The van der Waals surface area contributed by atoms with E-state index < -0.39 is 5.91 Å². The lowest BCUT2D eigenvalue weighted by Gasteiger charge is -2.05. The van der Waals surface area contributed by atoms with Gasteiger partial charge in [-0.3, -0.25) is 9.59 Å². The van der Waals surface area contributed by atoms with Crippen LogP contribution in [0.4, 0.5) is 10.8 Å². The molecule has 8 nitrogen and oxygen atoms in total. The van der Waals surface area contributed by atoms with Crippen LogP contribution in [0, 0.1) is 18.0 Å². The topological polar surface area (TPSA) is 103 Å². The van der Waals surface area contributed by atoms with Gasteiger partial charge < -0.3 is 15.8 Å². The van der Waals surface area contributed by atoms with E-state index >= 15 is 0 Å². The lowest BCUT2D eigenvalue weighted by Crippen LogP contribution is -2.34. The Bertz CT molecular complexity index is 1280. The maximum absolute atomic E-state index is 12.7. The number of rotatable bonds is 5. The van der Waals surface area contributed by atoms with E-state index in [1.165, 1.54) is 17.7 Å². The van der Waals surface area contributed by atoms with Crippen molar-refractivity contribution in [1.82, 2.24) is 9.55 Å². The second-order valence-electron chi connectivity index (χ2n) is 7.38. The van der Waals surface area contributed by atoms with Crippen molar-refractivity contribution in [3.63, 3.8) is 0 Å². The summed E-state index contributed by atoms with van der Waals surface area (Å²) in [5, 5.41) is 18.6. The van der Waals surface area contributed by atoms with E-state index in [1.807, 2.05) is 38.1 Å². The fraction of sp³-hybridized carbons (Fsp3) is 0.182. The number of fused-ring (bicyclic) bond motifs is 1. The molecule has 2 aromatic carbocycles. The number of thiazole rings is 1. The van der Waals surface area contributed by atoms with E-state index in [2.05, 4.69) is 15.6 Å². The summed E-state index contributed by atoms with van der Waals surface area (Å²) in [6, 6.07) is 14.5. The number of hydrogen-bond donors (Lipinski definition) is 2. The molecular formula is C22H21N5O3S. The molecule has 4 aromatic rings. The third kappa shape index (κ3) is 4.13. The van der Waals surface area contributed by atoms with Gasteiger partial charge in [0.05, 0.1) is 10.2 Å². The maximum atomic E-state index is 12.7. The number of carbonyl (C=O) groups excluding carboxylic acids is 2. The van der Waals surface area contributed by atoms with Crippen LogP contribution in [0.15, 0.2) is 54.9 Å². The number of para-hydroxylation sites is 1. The number of imidazole rings is 1. The molecule has 0 radical (unpaired) electrons. The second-order valence-corrected chi connectivity index (χ2v) is 8.41. The maximum Gasteiger partial charge on any atom is 0.300 e. The van der Waals surface area contributed by atoms with Gasteiger partial charge in [-0.2, -0.15) is 4.57 Å². The third-order valence-corrected chi connectivity index (χ3v) is 5.73. The van der Waals surface area contributed by atoms with Crippen molar-refractivity contribution in [2.45, 2.75) is 20.8 Å². The van der Waals surface area contributed by atoms with Gasteiger partial charge in [0.1, 0.15) is 5.69 Å². The Morgan fingerprint density at radius 1 is 1.13 bits per heavy atom. The normalized spacial score (nSPS) is 11.1. The van der Waals surface area contributed by atoms with Gasteiger partial charge in [-0.25, -0.2) is 9.71 Å². The first kappa shape index (κ1) is 20.5. The summed E-state index contributed by atoms with van der Waals surface area (Å²) in [6.07, 6.45) is 1.33. The van der Waals surface area contributed by atoms with Crippen molar-refractivity contribution in [2.24, 2.45) is 5.92 Å². The first-order chi connectivity index (χ1) is 14.8. The zero-order valence-corrected chi connectivity index (χ0v) is 18.1. The molecule has 2 heterocycles. The Morgan fingerprint density at radius 2 is 1.87 bits per heavy atom. The van der Waals surface area contributed by atoms with Crippen LogP contribution < -0.4 is 15.4 Å². The van der Waals surface area contributed by atoms with Gasteiger partial charge in [-0.15, -0.1) is 0 Å². The van der Waals surface area contributed by atoms with Crippen molar-refractivity contribution in [3.05, 3.63) is 71.5 Å². The number of benzene rings is 2. The molecule has 0 aliphatic heterocycles. The molecule has 0 fully saturated rings. The molecule has 2 N–H and O–H groups in total. The minimum Gasteiger partial charge on any atom is -0.710 e. The second kappa shape index (κ2) is 8.19. The molecule has 0 spiro atoms. The summed E-state index contributed by atoms with van der Waals surface area (Å²) in [6.45, 7) is 5.36. The molecule has 0 bridgehead atoms. The first-order valence-corrected chi connectivity index (χ1v) is 10.5. The average molecular weight is 436 g/mol. The van der Waals surface area contributed by atoms with Gasteiger partial charge >= 0.3 is 0 Å². The summed E-state index contributed by atoms with van der Waals surface area (Å²) < 4.78 is 3.09. The van der Waals surface area contributed by atoms with Gasteiger partial charge in [-0.1, -0.05) is 43.4 Å². The molecule has 0 saturated carbocycles. The highest BCUT2D eigenvalue weighted by molar-refractivity contribution is 7.22. The summed E-state index contributed by atoms with van der Waals surface area (Å²) in [5.74, 6) is -0.713. The van der Waals surface area contributed by atoms with Gasteiger partial charge in [0.25, 0.3) is 12.2 Å². The van der Waals surface area contributed by atoms with Crippen LogP contribution in [0.25, 0.3) is 15.9 Å². The van der Waals surface area contributed by atoms with Crippen LogP contribution in [0.2, 0.25) is 0 Å². The summed E-state index contributed by atoms with van der Waals surface area (Å²) in [7, 11) is 0. The number of amides is 2. The molecule has 2 aromatic heterocycles. The van der Waals surface area contributed by atoms with Crippen LogP contribution in [-0.4, -0.2) is 21.4 Å². The Balaban J connectivity index is 1.64. The molecule has 2 amide bonds. The molecule has 0 unspecified atom stereocenters. The minimum absolute atomic E-state index is 0.0261. The number of nitrogens with zero attached hydrogens (tertiary/aromatic N) is 3. The average Bonchev–Trinajstić information content (AvgIpc) is 3.27. The molecule has 0 aliphatic carbocycles. The molecular weight excluding hydrogens is 414 g/mol. The highest BCUT2D eigenvalue weighted by atomic mass is 32.1. The number of carbonyl (C=O) groups is 2. The Kier molecular flexibility index (Phi) is 5.43. The van der Waals surface area contributed by atoms with E-state index in [1.54, 1.807) is 35.8 Å². The van der Waals surface area contributed by atoms with Crippen LogP contribution >= 0.6 is 11.3 Å². The van der Waals surface area contributed by atoms with E-state index in [9.17, 15) is 14.8 Å². The fourth-order valence-electron chi connectivity index (χ4n) is 3.13. The molecule has 31 heavy (non-hydrogen) atoms. The highest BCUT2D eigenvalue weighted by Gasteiger charge is 2.25. The number of hydrogen-bond acceptors (Lipinski definition) is 5. The lowest BCUT2D eigenvalue weighted by atomic mass is 10.2. The predicted octanol–water partition coefficient (Wildman–Crippen LogP) is 3.88. The molecule has 0 aliphatic rings. The molecule has 0 saturated heterocycles. The fourth-order valence-corrected chi connectivity index (χ4v) is 4.03. The van der Waals surface area contributed by atoms with Crippen molar-refractivity contribution in [1.29, 1.82) is 0 Å². The van der Waals surface area contributed by atoms with E-state index in [0.717, 1.165) is 15.9 Å². The molecule has 0 atom stereocenters. The van der Waals surface area contributed by atoms with Gasteiger partial charge in [-0.05, 0) is 24.3 Å². The smallest absolute Gasteiger partial charge is 0.300 e. The highest BCUT2D eigenvalue weighted by Crippen LogP contribution is 2.29. The van der Waals surface area contributed by atoms with Crippen LogP contribution in [0.3, 0.4) is 0 Å². The largest absolute Gasteiger partial charge is 0.710 e. The van der Waals surface area contributed by atoms with Crippen LogP contribution in [0.5, 0.6) is 0 Å². The van der Waals surface area contributed by atoms with E-state index in [4.69, 9.17) is 0 Å². The molecule has 4 rings (SSSR count). The lowest BCUT2D eigenvalue weighted by molar-refractivity contribution is -0.606. The van der Waals surface area contributed by atoms with Gasteiger partial charge in [0.15, 0.2) is 10.8 Å². The number of nitrogens with one attached hydrogen (secondary N) is 2. The molecule has 158 valence electrons. The van der Waals surface area contributed by atoms with E-state index in [0.29, 0.717) is 21.2 Å². The summed E-state index contributed by atoms with van der Waals surface area (Å²) in [4.78, 5) is 29.1. The van der Waals surface area contributed by atoms with E-state index in [-0.39, 0.29) is 17.5 Å². The zero-order chi connectivity index (χ0) is 22.1. The monoisotopic (exact) mass is 435 g/mol. The van der Waals surface area contributed by atoms with Crippen molar-refractivity contribution in [3.8, 4) is 5.69 Å². The quantitative estimate of drug-likeness (QED) is 0.367. The Labute approximate surface area is 182 Å². The first-order valence-electron chi connectivity index (χ1n) is 9.73. The van der Waals surface area contributed by atoms with Gasteiger partial charge in [0, 0.05) is 24.6 Å². The van der Waals surface area contributed by atoms with Crippen molar-refractivity contribution in [2.75, 3.05) is 10.6 Å². The number of anilines is 2. The van der Waals surface area contributed by atoms with Crippen LogP contribution in [-0.2, 0) is 4.79 Å². The van der Waals surface area contributed by atoms with Crippen molar-refractivity contribution < 1.29 is 14.3 Å². The standard InChI is InChI=1S/C22H21N5O3S/c1-13(2)20(28)25-22-24-17-10-9-16(11-18(17)31-22)26-12-27(30)19(14(26)3)21(29)23-15-7-5-4-6-8-15/h4-13H,1-3H3,(H,23,29)(H,24,25,28). The summed E-state index contributed by atoms with van der Waals surface area (Å²) in [5.41, 5.74) is 2.62. The summed E-state index contributed by atoms with van der Waals surface area (Å²) >= 11 is 1.36. The predicted molar refractivity (Wildman–Crippen MR) is 121 cm³/mol. The number of aromatic nitrogens is 3. The minimum atomic E-state index is -0.477. The van der Waals surface area contributed by atoms with Crippen LogP contribution in [0.1, 0.15) is 30.0 Å². The molecule has 9 heteroatoms. The SMILES string of the molecule is Cc1c(C(=O)Nc2ccccc2)[n+]([O-])cn1-c1ccc2nc(NC(=O)C(C)C)sc2c1. The zero-order valence-electron chi connectivity index (χ0n) is 17.2. The van der Waals surface area contributed by atoms with Crippen molar-refractivity contribution >= 4 is 44.2 Å². The third-order valence-electron chi connectivity index (χ3n) is 4.80. The Morgan fingerprint density at radius 3 is 2.58 bits per heavy atom. The van der Waals surface area contributed by atoms with Gasteiger partial charge in [0.2, 0.25) is 11.6 Å².